The first kappa shape index (κ1) is 23.0. The van der Waals surface area contributed by atoms with E-state index >= 15 is 0 Å². The summed E-state index contributed by atoms with van der Waals surface area (Å²) in [5.74, 6) is 0. The van der Waals surface area contributed by atoms with Crippen molar-refractivity contribution >= 4 is 17.1 Å². The van der Waals surface area contributed by atoms with Gasteiger partial charge in [0.05, 0.1) is 23.6 Å². The lowest BCUT2D eigenvalue weighted by molar-refractivity contribution is 0.481. The fourth-order valence-electron chi connectivity index (χ4n) is 3.34. The van der Waals surface area contributed by atoms with Crippen LogP contribution in [0.25, 0.3) is 5.70 Å². The second-order valence-corrected chi connectivity index (χ2v) is 6.81. The van der Waals surface area contributed by atoms with Crippen LogP contribution in [0.1, 0.15) is 38.3 Å². The van der Waals surface area contributed by atoms with Gasteiger partial charge in [-0.3, -0.25) is 4.39 Å². The van der Waals surface area contributed by atoms with Crippen molar-refractivity contribution < 1.29 is 4.39 Å². The minimum Gasteiger partial charge on any atom is -0.385 e. The molecule has 1 heterocycles. The minimum atomic E-state index is -0.321. The summed E-state index contributed by atoms with van der Waals surface area (Å²) in [6.07, 6.45) is 2.53. The molecule has 0 spiro atoms. The van der Waals surface area contributed by atoms with Crippen molar-refractivity contribution in [3.8, 4) is 6.07 Å². The Labute approximate surface area is 179 Å². The van der Waals surface area contributed by atoms with E-state index in [2.05, 4.69) is 31.0 Å². The predicted molar refractivity (Wildman–Crippen MR) is 126 cm³/mol. The van der Waals surface area contributed by atoms with Gasteiger partial charge in [0.1, 0.15) is 6.07 Å². The molecule has 4 heteroatoms. The molecule has 1 N–H and O–H groups in total. The van der Waals surface area contributed by atoms with E-state index in [-0.39, 0.29) is 6.67 Å². The highest BCUT2D eigenvalue weighted by atomic mass is 19.1. The van der Waals surface area contributed by atoms with Gasteiger partial charge in [0.15, 0.2) is 0 Å². The molecule has 0 saturated carbocycles. The van der Waals surface area contributed by atoms with Crippen LogP contribution in [0, 0.1) is 18.3 Å². The van der Waals surface area contributed by atoms with Gasteiger partial charge in [-0.1, -0.05) is 50.8 Å². The lowest BCUT2D eigenvalue weighted by Crippen LogP contribution is -2.25. The average molecular weight is 404 g/mol. The van der Waals surface area contributed by atoms with Gasteiger partial charge in [-0.15, -0.1) is 0 Å². The molecule has 0 unspecified atom stereocenters. The first-order valence-corrected chi connectivity index (χ1v) is 10.3. The SMILES string of the molecule is C=C1C(C#N)=C(C)C=C(c2ccc(NCCCF)cc2)N1c1ccccc1C.CC. The second-order valence-electron chi connectivity index (χ2n) is 6.81. The number of anilines is 2. The first-order chi connectivity index (χ1) is 14.6. The Kier molecular flexibility index (Phi) is 8.43. The maximum atomic E-state index is 12.3. The Morgan fingerprint density at radius 3 is 2.33 bits per heavy atom. The molecule has 0 aromatic heterocycles. The first-order valence-electron chi connectivity index (χ1n) is 10.3. The lowest BCUT2D eigenvalue weighted by atomic mass is 9.96. The number of para-hydroxylation sites is 1. The van der Waals surface area contributed by atoms with Crippen LogP contribution in [0.15, 0.2) is 78.0 Å². The van der Waals surface area contributed by atoms with Gasteiger partial charge in [-0.25, -0.2) is 0 Å². The van der Waals surface area contributed by atoms with Crippen LogP contribution >= 0.6 is 0 Å². The summed E-state index contributed by atoms with van der Waals surface area (Å²) >= 11 is 0. The van der Waals surface area contributed by atoms with E-state index in [1.165, 1.54) is 0 Å². The Bertz CT molecular complexity index is 978. The molecular formula is C26H30FN3. The number of nitrogens with one attached hydrogen (secondary N) is 1. The number of allylic oxidation sites excluding steroid dienone is 3. The van der Waals surface area contributed by atoms with E-state index in [4.69, 9.17) is 0 Å². The van der Waals surface area contributed by atoms with Crippen molar-refractivity contribution in [3.63, 3.8) is 0 Å². The van der Waals surface area contributed by atoms with Crippen LogP contribution in [0.5, 0.6) is 0 Å². The highest BCUT2D eigenvalue weighted by Crippen LogP contribution is 2.39. The number of hydrogen-bond donors (Lipinski definition) is 1. The zero-order chi connectivity index (χ0) is 22.1. The standard InChI is InChI=1S/C24H24FN3.C2H6/c1-17-7-4-5-8-23(17)28-19(3)22(16-26)18(2)15-24(28)20-9-11-21(12-10-20)27-14-6-13-25;1-2/h4-5,7-12,15,27H,3,6,13-14H2,1-2H3;1-2H3. The predicted octanol–water partition coefficient (Wildman–Crippen LogP) is 7.01. The summed E-state index contributed by atoms with van der Waals surface area (Å²) in [6.45, 7) is 12.5. The van der Waals surface area contributed by atoms with Crippen LogP contribution in [0.3, 0.4) is 0 Å². The average Bonchev–Trinajstić information content (AvgIpc) is 2.77. The molecule has 156 valence electrons. The van der Waals surface area contributed by atoms with E-state index < -0.39 is 0 Å². The quantitative estimate of drug-likeness (QED) is 0.527. The van der Waals surface area contributed by atoms with Crippen molar-refractivity contribution in [2.24, 2.45) is 0 Å². The number of alkyl halides is 1. The molecule has 0 atom stereocenters. The number of rotatable bonds is 6. The maximum Gasteiger partial charge on any atom is 0.102 e. The lowest BCUT2D eigenvalue weighted by Gasteiger charge is -2.34. The summed E-state index contributed by atoms with van der Waals surface area (Å²) in [5.41, 5.74) is 7.24. The van der Waals surface area contributed by atoms with E-state index in [1.807, 2.05) is 74.2 Å². The molecule has 0 fully saturated rings. The van der Waals surface area contributed by atoms with Gasteiger partial charge in [-0.05, 0) is 61.2 Å². The largest absolute Gasteiger partial charge is 0.385 e. The number of benzene rings is 2. The monoisotopic (exact) mass is 403 g/mol. The molecule has 0 saturated heterocycles. The number of halogens is 1. The van der Waals surface area contributed by atoms with Crippen LogP contribution in [0.4, 0.5) is 15.8 Å². The Morgan fingerprint density at radius 2 is 1.73 bits per heavy atom. The summed E-state index contributed by atoms with van der Waals surface area (Å²) in [7, 11) is 0. The Hall–Kier alpha value is -3.32. The van der Waals surface area contributed by atoms with Crippen molar-refractivity contribution in [1.82, 2.24) is 0 Å². The van der Waals surface area contributed by atoms with Crippen molar-refractivity contribution in [3.05, 3.63) is 89.2 Å². The highest BCUT2D eigenvalue weighted by molar-refractivity contribution is 5.90. The third-order valence-electron chi connectivity index (χ3n) is 4.84. The van der Waals surface area contributed by atoms with Gasteiger partial charge in [0, 0.05) is 17.9 Å². The molecule has 2 aromatic rings. The van der Waals surface area contributed by atoms with E-state index in [0.29, 0.717) is 24.2 Å². The topological polar surface area (TPSA) is 39.1 Å². The third-order valence-corrected chi connectivity index (χ3v) is 4.84. The molecule has 1 aliphatic heterocycles. The molecule has 0 aliphatic carbocycles. The van der Waals surface area contributed by atoms with Gasteiger partial charge in [0.2, 0.25) is 0 Å². The molecule has 3 nitrogen and oxygen atoms in total. The van der Waals surface area contributed by atoms with E-state index in [0.717, 1.165) is 33.8 Å². The summed E-state index contributed by atoms with van der Waals surface area (Å²) in [5, 5.41) is 12.8. The number of nitriles is 1. The molecular weight excluding hydrogens is 373 g/mol. The maximum absolute atomic E-state index is 12.3. The molecule has 3 rings (SSSR count). The fourth-order valence-corrected chi connectivity index (χ4v) is 3.34. The third kappa shape index (κ3) is 4.99. The second kappa shape index (κ2) is 11.0. The van der Waals surface area contributed by atoms with E-state index in [9.17, 15) is 9.65 Å². The van der Waals surface area contributed by atoms with Gasteiger partial charge >= 0.3 is 0 Å². The number of nitrogens with zero attached hydrogens (tertiary/aromatic N) is 2. The van der Waals surface area contributed by atoms with Gasteiger partial charge in [0.25, 0.3) is 0 Å². The van der Waals surface area contributed by atoms with Crippen LogP contribution in [-0.4, -0.2) is 13.2 Å². The van der Waals surface area contributed by atoms with Crippen molar-refractivity contribution in [2.75, 3.05) is 23.4 Å². The smallest absolute Gasteiger partial charge is 0.102 e. The zero-order valence-corrected chi connectivity index (χ0v) is 18.3. The molecule has 1 aliphatic rings. The van der Waals surface area contributed by atoms with Gasteiger partial charge < -0.3 is 10.2 Å². The Morgan fingerprint density at radius 1 is 1.07 bits per heavy atom. The summed E-state index contributed by atoms with van der Waals surface area (Å²) < 4.78 is 12.3. The molecule has 0 radical (unpaired) electrons. The summed E-state index contributed by atoms with van der Waals surface area (Å²) in [6, 6.07) is 18.4. The van der Waals surface area contributed by atoms with E-state index in [1.54, 1.807) is 0 Å². The normalized spacial score (nSPS) is 13.3. The minimum absolute atomic E-state index is 0.321. The summed E-state index contributed by atoms with van der Waals surface area (Å²) in [4.78, 5) is 2.05. The van der Waals surface area contributed by atoms with Crippen molar-refractivity contribution in [2.45, 2.75) is 34.1 Å². The molecule has 2 aromatic carbocycles. The molecule has 0 bridgehead atoms. The van der Waals surface area contributed by atoms with Crippen LogP contribution in [0.2, 0.25) is 0 Å². The number of aryl methyl sites for hydroxylation is 1. The Balaban J connectivity index is 0.00000155. The molecule has 30 heavy (non-hydrogen) atoms. The number of hydrogen-bond acceptors (Lipinski definition) is 3. The van der Waals surface area contributed by atoms with Crippen molar-refractivity contribution in [1.29, 1.82) is 5.26 Å². The van der Waals surface area contributed by atoms with Crippen LogP contribution in [-0.2, 0) is 0 Å². The highest BCUT2D eigenvalue weighted by Gasteiger charge is 2.26. The molecule has 0 amide bonds. The van der Waals surface area contributed by atoms with Crippen LogP contribution < -0.4 is 10.2 Å². The zero-order valence-electron chi connectivity index (χ0n) is 18.3. The van der Waals surface area contributed by atoms with Gasteiger partial charge in [-0.2, -0.15) is 5.26 Å². The fraction of sp³-hybridized carbons (Fsp3) is 0.269.